The van der Waals surface area contributed by atoms with Gasteiger partial charge in [-0.2, -0.15) is 4.99 Å². The zero-order chi connectivity index (χ0) is 11.5. The Morgan fingerprint density at radius 2 is 1.94 bits per heavy atom. The molecule has 7 heteroatoms. The molecule has 1 aliphatic heterocycles. The van der Waals surface area contributed by atoms with E-state index in [0.29, 0.717) is 16.1 Å². The van der Waals surface area contributed by atoms with Gasteiger partial charge in [0.15, 0.2) is 5.17 Å². The topological polar surface area (TPSA) is 56.8 Å². The summed E-state index contributed by atoms with van der Waals surface area (Å²) in [6.45, 7) is 0. The van der Waals surface area contributed by atoms with Crippen molar-refractivity contribution < 1.29 is 9.47 Å². The summed E-state index contributed by atoms with van der Waals surface area (Å²) in [6.07, 6.45) is 0. The van der Waals surface area contributed by atoms with Crippen LogP contribution in [0.25, 0.3) is 0 Å². The number of hydrogen-bond donors (Lipinski definition) is 1. The number of nitrogens with zero attached hydrogens (tertiary/aromatic N) is 1. The molecule has 0 amide bonds. The first kappa shape index (κ1) is 11.6. The van der Waals surface area contributed by atoms with Crippen molar-refractivity contribution in [2.24, 2.45) is 10.7 Å². The first-order valence-electron chi connectivity index (χ1n) is 4.31. The fourth-order valence-electron chi connectivity index (χ4n) is 1.06. The molecule has 0 saturated heterocycles. The number of benzene rings is 1. The third-order valence-corrected chi connectivity index (χ3v) is 4.96. The van der Waals surface area contributed by atoms with E-state index in [9.17, 15) is 0 Å². The van der Waals surface area contributed by atoms with E-state index in [1.54, 1.807) is 31.4 Å². The molecular weight excluding hydrogens is 268 g/mol. The van der Waals surface area contributed by atoms with Gasteiger partial charge in [-0.15, -0.1) is 0 Å². The van der Waals surface area contributed by atoms with Gasteiger partial charge >= 0.3 is 0 Å². The number of ether oxygens (including phenoxy) is 2. The predicted molar refractivity (Wildman–Crippen MR) is 71.3 cm³/mol. The Labute approximate surface area is 104 Å². The minimum Gasteiger partial charge on any atom is -0.497 e. The van der Waals surface area contributed by atoms with Gasteiger partial charge in [0.05, 0.1) is 7.11 Å². The fraction of sp³-hybridized carbons (Fsp3) is 0.111. The van der Waals surface area contributed by atoms with Crippen LogP contribution in [0.2, 0.25) is 0 Å². The number of hydrogen-bond acceptors (Lipinski definition) is 5. The van der Waals surface area contributed by atoms with Crippen molar-refractivity contribution in [3.05, 3.63) is 24.3 Å². The van der Waals surface area contributed by atoms with E-state index >= 15 is 0 Å². The van der Waals surface area contributed by atoms with Gasteiger partial charge in [-0.05, 0) is 45.7 Å². The number of halogens is 1. The molecule has 0 radical (unpaired) electrons. The summed E-state index contributed by atoms with van der Waals surface area (Å²) in [4.78, 5) is 4.01. The lowest BCUT2D eigenvalue weighted by atomic mass is 10.3. The Balaban J connectivity index is 2.12. The third kappa shape index (κ3) is 2.63. The summed E-state index contributed by atoms with van der Waals surface area (Å²) >= 11 is 0. The molecule has 1 atom stereocenters. The van der Waals surface area contributed by atoms with Gasteiger partial charge in [0, 0.05) is 8.73 Å². The quantitative estimate of drug-likeness (QED) is 0.666. The number of nitrogens with two attached hydrogens (primary N) is 1. The van der Waals surface area contributed by atoms with Gasteiger partial charge in [0.1, 0.15) is 11.5 Å². The lowest BCUT2D eigenvalue weighted by Gasteiger charge is -2.04. The molecule has 16 heavy (non-hydrogen) atoms. The van der Waals surface area contributed by atoms with Crippen LogP contribution in [0.5, 0.6) is 11.5 Å². The highest BCUT2D eigenvalue weighted by molar-refractivity contribution is 8.97. The van der Waals surface area contributed by atoms with Gasteiger partial charge in [-0.25, -0.2) is 0 Å². The zero-order valence-corrected chi connectivity index (χ0v) is 10.7. The Hall–Kier alpha value is -0.850. The van der Waals surface area contributed by atoms with Crippen LogP contribution in [0.4, 0.5) is 0 Å². The van der Waals surface area contributed by atoms with Crippen LogP contribution in [0.3, 0.4) is 0 Å². The van der Waals surface area contributed by atoms with Crippen LogP contribution in [0.15, 0.2) is 29.3 Å². The Morgan fingerprint density at radius 3 is 2.44 bits per heavy atom. The van der Waals surface area contributed by atoms with Crippen LogP contribution in [0.1, 0.15) is 0 Å². The SMILES string of the molecule is COc1ccc(OC2=S(Cl)SC(N)=N2)cc1. The molecule has 0 saturated carbocycles. The molecule has 4 nitrogen and oxygen atoms in total. The van der Waals surface area contributed by atoms with Crippen molar-refractivity contribution in [1.82, 2.24) is 0 Å². The highest BCUT2D eigenvalue weighted by atomic mass is 35.7. The first-order valence-corrected chi connectivity index (χ1v) is 7.69. The van der Waals surface area contributed by atoms with Crippen LogP contribution in [-0.4, -0.2) is 17.5 Å². The van der Waals surface area contributed by atoms with Crippen LogP contribution in [0, 0.1) is 0 Å². The minimum absolute atomic E-state index is 0.432. The van der Waals surface area contributed by atoms with Crippen LogP contribution >= 0.6 is 30.2 Å². The second-order valence-electron chi connectivity index (χ2n) is 2.80. The summed E-state index contributed by atoms with van der Waals surface area (Å²) in [7, 11) is 8.27. The number of rotatable bonds is 2. The lowest BCUT2D eigenvalue weighted by Crippen LogP contribution is -2.07. The van der Waals surface area contributed by atoms with Crippen LogP contribution < -0.4 is 15.2 Å². The van der Waals surface area contributed by atoms with Crippen molar-refractivity contribution in [2.75, 3.05) is 7.11 Å². The van der Waals surface area contributed by atoms with E-state index in [0.717, 1.165) is 5.75 Å². The van der Waals surface area contributed by atoms with Crippen molar-refractivity contribution >= 4 is 40.5 Å². The van der Waals surface area contributed by atoms with Crippen LogP contribution in [-0.2, 0) is 0 Å². The van der Waals surface area contributed by atoms with E-state index < -0.39 is 8.73 Å². The molecule has 1 aromatic carbocycles. The van der Waals surface area contributed by atoms with Gasteiger partial charge in [0.2, 0.25) is 0 Å². The molecule has 1 aromatic rings. The average molecular weight is 277 g/mol. The highest BCUT2D eigenvalue weighted by Gasteiger charge is 2.16. The van der Waals surface area contributed by atoms with Crippen molar-refractivity contribution in [2.45, 2.75) is 0 Å². The minimum atomic E-state index is -0.625. The fourth-order valence-corrected chi connectivity index (χ4v) is 3.55. The van der Waals surface area contributed by atoms with Gasteiger partial charge in [-0.3, -0.25) is 0 Å². The monoisotopic (exact) mass is 276 g/mol. The molecule has 1 heterocycles. The molecule has 0 spiro atoms. The summed E-state index contributed by atoms with van der Waals surface area (Å²) < 4.78 is 10.5. The summed E-state index contributed by atoms with van der Waals surface area (Å²) in [6, 6.07) is 7.18. The summed E-state index contributed by atoms with van der Waals surface area (Å²) in [5.74, 6) is 1.43. The normalized spacial score (nSPS) is 19.5. The Kier molecular flexibility index (Phi) is 3.63. The predicted octanol–water partition coefficient (Wildman–Crippen LogP) is 2.56. The van der Waals surface area contributed by atoms with E-state index in [4.69, 9.17) is 25.9 Å². The maximum Gasteiger partial charge on any atom is 0.274 e. The largest absolute Gasteiger partial charge is 0.497 e. The zero-order valence-electron chi connectivity index (χ0n) is 8.34. The molecule has 0 bridgehead atoms. The Bertz CT molecular complexity index is 459. The molecule has 86 valence electrons. The van der Waals surface area contributed by atoms with E-state index in [1.807, 2.05) is 0 Å². The first-order chi connectivity index (χ1) is 7.69. The maximum atomic E-state index is 5.99. The van der Waals surface area contributed by atoms with E-state index in [-0.39, 0.29) is 0 Å². The molecule has 1 unspecified atom stereocenters. The van der Waals surface area contributed by atoms with Gasteiger partial charge in [-0.1, -0.05) is 0 Å². The Morgan fingerprint density at radius 1 is 1.31 bits per heavy atom. The van der Waals surface area contributed by atoms with Crippen molar-refractivity contribution in [1.29, 1.82) is 0 Å². The number of methoxy groups -OCH3 is 1. The average Bonchev–Trinajstić information content (AvgIpc) is 2.59. The summed E-state index contributed by atoms with van der Waals surface area (Å²) in [5.41, 5.74) is 5.53. The molecule has 2 N–H and O–H groups in total. The lowest BCUT2D eigenvalue weighted by molar-refractivity contribution is 0.414. The van der Waals surface area contributed by atoms with Gasteiger partial charge in [0.25, 0.3) is 5.17 Å². The molecule has 1 aliphatic rings. The molecular formula is C9H9ClN2O2S2. The summed E-state index contributed by atoms with van der Waals surface area (Å²) in [5, 5.41) is 0.871. The van der Waals surface area contributed by atoms with Crippen molar-refractivity contribution in [3.8, 4) is 11.5 Å². The standard InChI is InChI=1S/C9H9ClN2O2S2/c1-13-6-2-4-7(5-3-6)14-9-12-8(11)15-16(9)10/h2-5H,1H3,(H2,11,12). The number of amidine groups is 1. The highest BCUT2D eigenvalue weighted by Crippen LogP contribution is 2.41. The molecule has 0 aromatic heterocycles. The molecule has 0 aliphatic carbocycles. The van der Waals surface area contributed by atoms with E-state index in [1.165, 1.54) is 10.8 Å². The van der Waals surface area contributed by atoms with Crippen molar-refractivity contribution in [3.63, 3.8) is 0 Å². The molecule has 0 fully saturated rings. The smallest absolute Gasteiger partial charge is 0.274 e. The van der Waals surface area contributed by atoms with Gasteiger partial charge < -0.3 is 15.2 Å². The number of aliphatic imine (C=N–C) groups is 1. The second kappa shape index (κ2) is 4.99. The molecule has 2 rings (SSSR count). The van der Waals surface area contributed by atoms with E-state index in [2.05, 4.69) is 4.99 Å². The maximum absolute atomic E-state index is 5.99. The third-order valence-electron chi connectivity index (χ3n) is 1.76. The second-order valence-corrected chi connectivity index (χ2v) is 7.16.